The minimum atomic E-state index is -1.09. The Hall–Kier alpha value is -2.90. The smallest absolute Gasteiger partial charge is 0.339 e. The molecule has 5 nitrogen and oxygen atoms in total. The Morgan fingerprint density at radius 3 is 2.39 bits per heavy atom. The number of halogens is 1. The first-order chi connectivity index (χ1) is 13.5. The molecule has 142 valence electrons. The van der Waals surface area contributed by atoms with Crippen LogP contribution < -0.4 is 10.1 Å². The van der Waals surface area contributed by atoms with E-state index in [1.165, 1.54) is 17.4 Å². The molecule has 0 fully saturated rings. The summed E-state index contributed by atoms with van der Waals surface area (Å²) in [5.41, 5.74) is 2.25. The van der Waals surface area contributed by atoms with Crippen molar-refractivity contribution in [2.75, 3.05) is 12.4 Å². The van der Waals surface area contributed by atoms with Gasteiger partial charge in [0.15, 0.2) is 0 Å². The molecule has 3 rings (SSSR count). The van der Waals surface area contributed by atoms with Crippen LogP contribution in [0.3, 0.4) is 0 Å². The summed E-state index contributed by atoms with van der Waals surface area (Å²) in [5.74, 6) is -0.761. The van der Waals surface area contributed by atoms with Crippen LogP contribution in [0, 0.1) is 0 Å². The van der Waals surface area contributed by atoms with Gasteiger partial charge >= 0.3 is 5.97 Å². The lowest BCUT2D eigenvalue weighted by Gasteiger charge is -2.05. The second kappa shape index (κ2) is 8.86. The second-order valence-corrected chi connectivity index (χ2v) is 7.56. The van der Waals surface area contributed by atoms with Crippen molar-refractivity contribution in [3.8, 4) is 16.9 Å². The number of carbonyl (C=O) groups excluding carboxylic acids is 1. The van der Waals surface area contributed by atoms with Crippen LogP contribution in [0.1, 0.15) is 15.9 Å². The average Bonchev–Trinajstić information content (AvgIpc) is 3.11. The predicted molar refractivity (Wildman–Crippen MR) is 115 cm³/mol. The number of aromatic carboxylic acids is 1. The number of rotatable bonds is 6. The number of benzene rings is 2. The van der Waals surface area contributed by atoms with Gasteiger partial charge in [-0.25, -0.2) is 4.79 Å². The van der Waals surface area contributed by atoms with Gasteiger partial charge < -0.3 is 15.2 Å². The Morgan fingerprint density at radius 1 is 1.11 bits per heavy atom. The number of methoxy groups -OCH3 is 1. The maximum atomic E-state index is 12.3. The number of ether oxygens (including phenoxy) is 1. The molecule has 0 aliphatic heterocycles. The van der Waals surface area contributed by atoms with Crippen LogP contribution in [0.15, 0.2) is 64.5 Å². The molecule has 0 saturated carbocycles. The van der Waals surface area contributed by atoms with E-state index in [1.54, 1.807) is 30.7 Å². The van der Waals surface area contributed by atoms with Crippen molar-refractivity contribution in [3.05, 3.63) is 75.6 Å². The Balaban J connectivity index is 1.79. The van der Waals surface area contributed by atoms with Gasteiger partial charge in [-0.2, -0.15) is 0 Å². The van der Waals surface area contributed by atoms with Crippen LogP contribution in [0.4, 0.5) is 5.00 Å². The zero-order chi connectivity index (χ0) is 20.1. The number of carboxylic acids is 1. The van der Waals surface area contributed by atoms with Gasteiger partial charge in [0.1, 0.15) is 16.3 Å². The number of amides is 1. The van der Waals surface area contributed by atoms with Crippen molar-refractivity contribution >= 4 is 50.2 Å². The van der Waals surface area contributed by atoms with Gasteiger partial charge in [-0.15, -0.1) is 11.3 Å². The van der Waals surface area contributed by atoms with Gasteiger partial charge in [-0.05, 0) is 41.5 Å². The monoisotopic (exact) mass is 457 g/mol. The molecule has 7 heteroatoms. The third kappa shape index (κ3) is 4.68. The van der Waals surface area contributed by atoms with E-state index in [9.17, 15) is 14.7 Å². The molecule has 0 bridgehead atoms. The highest BCUT2D eigenvalue weighted by atomic mass is 79.9. The van der Waals surface area contributed by atoms with Gasteiger partial charge in [0, 0.05) is 21.5 Å². The maximum Gasteiger partial charge on any atom is 0.339 e. The Bertz CT molecular complexity index is 1020. The van der Waals surface area contributed by atoms with E-state index in [0.717, 1.165) is 21.3 Å². The van der Waals surface area contributed by atoms with Crippen LogP contribution in [0.2, 0.25) is 0 Å². The number of carboxylic acid groups (broad SMARTS) is 1. The molecule has 2 aromatic carbocycles. The lowest BCUT2D eigenvalue weighted by Crippen LogP contribution is -2.10. The van der Waals surface area contributed by atoms with Crippen molar-refractivity contribution in [2.24, 2.45) is 0 Å². The molecule has 1 amide bonds. The standard InChI is InChI=1S/C21H16BrNO4S/c1-27-16-9-2-13(3-10-16)4-11-18(24)23-20-19(21(25)26)17(12-28-20)14-5-7-15(22)8-6-14/h2-12H,1H3,(H,23,24)(H,25,26). The molecule has 0 unspecified atom stereocenters. The van der Waals surface area contributed by atoms with Crippen molar-refractivity contribution in [1.82, 2.24) is 0 Å². The summed E-state index contributed by atoms with van der Waals surface area (Å²) in [6.07, 6.45) is 3.02. The van der Waals surface area contributed by atoms with Crippen LogP contribution >= 0.6 is 27.3 Å². The van der Waals surface area contributed by atoms with Gasteiger partial charge in [0.2, 0.25) is 5.91 Å². The summed E-state index contributed by atoms with van der Waals surface area (Å²) >= 11 is 4.55. The number of thiophene rings is 1. The van der Waals surface area contributed by atoms with E-state index < -0.39 is 11.9 Å². The SMILES string of the molecule is COc1ccc(C=CC(=O)Nc2scc(-c3ccc(Br)cc3)c2C(=O)O)cc1. The topological polar surface area (TPSA) is 75.6 Å². The second-order valence-electron chi connectivity index (χ2n) is 5.76. The molecule has 0 atom stereocenters. The minimum Gasteiger partial charge on any atom is -0.497 e. The fourth-order valence-electron chi connectivity index (χ4n) is 2.54. The van der Waals surface area contributed by atoms with E-state index in [1.807, 2.05) is 36.4 Å². The van der Waals surface area contributed by atoms with Gasteiger partial charge in [0.05, 0.1) is 7.11 Å². The third-order valence-electron chi connectivity index (χ3n) is 3.94. The summed E-state index contributed by atoms with van der Waals surface area (Å²) < 4.78 is 6.00. The van der Waals surface area contributed by atoms with Crippen molar-refractivity contribution in [1.29, 1.82) is 0 Å². The van der Waals surface area contributed by atoms with Crippen LogP contribution in [-0.2, 0) is 4.79 Å². The highest BCUT2D eigenvalue weighted by Crippen LogP contribution is 2.36. The first-order valence-electron chi connectivity index (χ1n) is 8.22. The summed E-state index contributed by atoms with van der Waals surface area (Å²) in [4.78, 5) is 24.0. The van der Waals surface area contributed by atoms with E-state index in [2.05, 4.69) is 21.2 Å². The number of carbonyl (C=O) groups is 2. The molecule has 1 aromatic heterocycles. The molecular formula is C21H16BrNO4S. The van der Waals surface area contributed by atoms with Crippen LogP contribution in [0.5, 0.6) is 5.75 Å². The molecule has 1 heterocycles. The molecule has 0 aliphatic rings. The molecule has 0 radical (unpaired) electrons. The quantitative estimate of drug-likeness (QED) is 0.476. The molecule has 3 aromatic rings. The zero-order valence-corrected chi connectivity index (χ0v) is 17.2. The summed E-state index contributed by atoms with van der Waals surface area (Å²) in [6, 6.07) is 14.6. The molecule has 2 N–H and O–H groups in total. The average molecular weight is 458 g/mol. The first-order valence-corrected chi connectivity index (χ1v) is 9.89. The van der Waals surface area contributed by atoms with E-state index in [4.69, 9.17) is 4.74 Å². The Labute approximate surface area is 174 Å². The molecular weight excluding hydrogens is 442 g/mol. The van der Waals surface area contributed by atoms with Crippen molar-refractivity contribution in [3.63, 3.8) is 0 Å². The van der Waals surface area contributed by atoms with E-state index >= 15 is 0 Å². The largest absolute Gasteiger partial charge is 0.497 e. The number of hydrogen-bond acceptors (Lipinski definition) is 4. The number of nitrogens with one attached hydrogen (secondary N) is 1. The van der Waals surface area contributed by atoms with E-state index in [-0.39, 0.29) is 5.56 Å². The minimum absolute atomic E-state index is 0.0820. The fraction of sp³-hybridized carbons (Fsp3) is 0.0476. The van der Waals surface area contributed by atoms with Gasteiger partial charge in [-0.3, -0.25) is 4.79 Å². The van der Waals surface area contributed by atoms with Crippen molar-refractivity contribution in [2.45, 2.75) is 0 Å². The maximum absolute atomic E-state index is 12.3. The van der Waals surface area contributed by atoms with Crippen molar-refractivity contribution < 1.29 is 19.4 Å². The first kappa shape index (κ1) is 19.9. The highest BCUT2D eigenvalue weighted by molar-refractivity contribution is 9.10. The lowest BCUT2D eigenvalue weighted by atomic mass is 10.0. The summed E-state index contributed by atoms with van der Waals surface area (Å²) in [7, 11) is 1.59. The van der Waals surface area contributed by atoms with Gasteiger partial charge in [0.25, 0.3) is 0 Å². The third-order valence-corrected chi connectivity index (χ3v) is 5.36. The van der Waals surface area contributed by atoms with E-state index in [0.29, 0.717) is 10.6 Å². The van der Waals surface area contributed by atoms with Crippen LogP contribution in [-0.4, -0.2) is 24.1 Å². The van der Waals surface area contributed by atoms with Crippen LogP contribution in [0.25, 0.3) is 17.2 Å². The summed E-state index contributed by atoms with van der Waals surface area (Å²) in [5, 5.41) is 14.3. The predicted octanol–water partition coefficient (Wildman–Crippen LogP) is 5.54. The normalized spacial score (nSPS) is 10.8. The lowest BCUT2D eigenvalue weighted by molar-refractivity contribution is -0.111. The molecule has 0 spiro atoms. The number of hydrogen-bond donors (Lipinski definition) is 2. The summed E-state index contributed by atoms with van der Waals surface area (Å²) in [6.45, 7) is 0. The Morgan fingerprint density at radius 2 is 1.79 bits per heavy atom. The van der Waals surface area contributed by atoms with Gasteiger partial charge in [-0.1, -0.05) is 40.2 Å². The fourth-order valence-corrected chi connectivity index (χ4v) is 3.77. The Kier molecular flexibility index (Phi) is 6.28. The molecule has 0 saturated heterocycles. The highest BCUT2D eigenvalue weighted by Gasteiger charge is 2.20. The molecule has 0 aliphatic carbocycles. The molecule has 28 heavy (non-hydrogen) atoms. The number of anilines is 1. The zero-order valence-electron chi connectivity index (χ0n) is 14.8.